The van der Waals surface area contributed by atoms with Gasteiger partial charge in [-0.05, 0) is 50.8 Å². The zero-order valence-electron chi connectivity index (χ0n) is 16.0. The van der Waals surface area contributed by atoms with E-state index in [9.17, 15) is 9.90 Å². The van der Waals surface area contributed by atoms with E-state index >= 15 is 0 Å². The van der Waals surface area contributed by atoms with Gasteiger partial charge in [-0.1, -0.05) is 0 Å². The first kappa shape index (κ1) is 18.5. The molecule has 2 N–H and O–H groups in total. The van der Waals surface area contributed by atoms with Crippen molar-refractivity contribution in [3.05, 3.63) is 39.7 Å². The third kappa shape index (κ3) is 4.03. The number of benzene rings is 1. The molecule has 4 rings (SSSR count). The van der Waals surface area contributed by atoms with E-state index in [-0.39, 0.29) is 24.4 Å². The van der Waals surface area contributed by atoms with Gasteiger partial charge in [0, 0.05) is 17.0 Å². The maximum Gasteiger partial charge on any atom is 0.339 e. The monoisotopic (exact) mass is 374 g/mol. The van der Waals surface area contributed by atoms with Crippen molar-refractivity contribution in [2.75, 3.05) is 26.2 Å². The summed E-state index contributed by atoms with van der Waals surface area (Å²) in [5.41, 5.74) is 2.27. The predicted molar refractivity (Wildman–Crippen MR) is 102 cm³/mol. The summed E-state index contributed by atoms with van der Waals surface area (Å²) in [4.78, 5) is 13.4. The van der Waals surface area contributed by atoms with Crippen molar-refractivity contribution in [1.29, 1.82) is 0 Å². The van der Waals surface area contributed by atoms with Crippen LogP contribution >= 0.6 is 0 Å². The lowest BCUT2D eigenvalue weighted by Gasteiger charge is -2.33. The van der Waals surface area contributed by atoms with E-state index in [0.717, 1.165) is 48.9 Å². The average molecular weight is 374 g/mol. The number of aliphatic hydroxyl groups excluding tert-OH is 1. The van der Waals surface area contributed by atoms with Gasteiger partial charge in [0.05, 0.1) is 0 Å². The molecule has 1 saturated heterocycles. The molecule has 1 aromatic heterocycles. The summed E-state index contributed by atoms with van der Waals surface area (Å²) >= 11 is 0. The van der Waals surface area contributed by atoms with Crippen molar-refractivity contribution in [3.8, 4) is 5.75 Å². The smallest absolute Gasteiger partial charge is 0.339 e. The van der Waals surface area contributed by atoms with Crippen molar-refractivity contribution in [2.45, 2.75) is 51.4 Å². The summed E-state index contributed by atoms with van der Waals surface area (Å²) in [5.74, 6) is 0.612. The van der Waals surface area contributed by atoms with Crippen LogP contribution in [0.15, 0.2) is 27.4 Å². The second-order valence-electron chi connectivity index (χ2n) is 7.94. The Morgan fingerprint density at radius 3 is 2.74 bits per heavy atom. The molecular formula is C21H28NO5+. The second kappa shape index (κ2) is 7.62. The molecule has 0 saturated carbocycles. The molecule has 0 unspecified atom stereocenters. The molecule has 6 nitrogen and oxygen atoms in total. The topological polar surface area (TPSA) is 73.3 Å². The van der Waals surface area contributed by atoms with Gasteiger partial charge >= 0.3 is 5.63 Å². The number of hydrogen-bond donors (Lipinski definition) is 2. The maximum absolute atomic E-state index is 12.1. The van der Waals surface area contributed by atoms with Gasteiger partial charge in [0.25, 0.3) is 0 Å². The van der Waals surface area contributed by atoms with Crippen LogP contribution in [0.2, 0.25) is 0 Å². The van der Waals surface area contributed by atoms with Crippen molar-refractivity contribution in [2.24, 2.45) is 0 Å². The SMILES string of the molecule is C[C@H]1C[NH+](C[C@H](O)COc2ccc3c4c(c(=O)oc3c2)CCC4)C[C@H](C)O1. The lowest BCUT2D eigenvalue weighted by Crippen LogP contribution is -3.16. The number of morpholine rings is 1. The number of rotatable bonds is 5. The van der Waals surface area contributed by atoms with Crippen LogP contribution in [0.3, 0.4) is 0 Å². The third-order valence-electron chi connectivity index (χ3n) is 5.53. The van der Waals surface area contributed by atoms with Crippen molar-refractivity contribution < 1.29 is 23.9 Å². The van der Waals surface area contributed by atoms with Gasteiger partial charge < -0.3 is 23.9 Å². The number of aliphatic hydroxyl groups is 1. The molecule has 6 heteroatoms. The molecule has 2 heterocycles. The molecule has 27 heavy (non-hydrogen) atoms. The fourth-order valence-corrected chi connectivity index (χ4v) is 4.49. The average Bonchev–Trinajstić information content (AvgIpc) is 3.09. The molecule has 1 aromatic carbocycles. The van der Waals surface area contributed by atoms with E-state index in [4.69, 9.17) is 13.9 Å². The maximum atomic E-state index is 12.1. The minimum Gasteiger partial charge on any atom is -0.491 e. The number of nitrogens with one attached hydrogen (secondary N) is 1. The number of ether oxygens (including phenoxy) is 2. The van der Waals surface area contributed by atoms with Gasteiger partial charge in [-0.15, -0.1) is 0 Å². The summed E-state index contributed by atoms with van der Waals surface area (Å²) in [6, 6.07) is 5.61. The normalized spacial score (nSPS) is 26.1. The lowest BCUT2D eigenvalue weighted by molar-refractivity contribution is -0.918. The van der Waals surface area contributed by atoms with Gasteiger partial charge in [-0.2, -0.15) is 0 Å². The molecule has 1 aliphatic heterocycles. The Morgan fingerprint density at radius 1 is 1.22 bits per heavy atom. The Morgan fingerprint density at radius 2 is 1.96 bits per heavy atom. The Hall–Kier alpha value is -1.89. The van der Waals surface area contributed by atoms with Crippen LogP contribution in [0.1, 0.15) is 31.4 Å². The van der Waals surface area contributed by atoms with Crippen LogP contribution in [0.4, 0.5) is 0 Å². The third-order valence-corrected chi connectivity index (χ3v) is 5.53. The summed E-state index contributed by atoms with van der Waals surface area (Å²) in [6.07, 6.45) is 2.60. The predicted octanol–water partition coefficient (Wildman–Crippen LogP) is 0.714. The van der Waals surface area contributed by atoms with Crippen LogP contribution in [0.25, 0.3) is 11.0 Å². The summed E-state index contributed by atoms with van der Waals surface area (Å²) < 4.78 is 17.0. The van der Waals surface area contributed by atoms with Gasteiger partial charge in [0.1, 0.15) is 55.9 Å². The lowest BCUT2D eigenvalue weighted by atomic mass is 10.1. The number of quaternary nitrogens is 1. The van der Waals surface area contributed by atoms with E-state index in [1.54, 1.807) is 6.07 Å². The largest absolute Gasteiger partial charge is 0.491 e. The molecule has 3 atom stereocenters. The highest BCUT2D eigenvalue weighted by Gasteiger charge is 2.27. The number of aryl methyl sites for hydroxylation is 1. The summed E-state index contributed by atoms with van der Waals surface area (Å²) in [6.45, 7) is 6.78. The first-order valence-electron chi connectivity index (χ1n) is 9.88. The quantitative estimate of drug-likeness (QED) is 0.755. The fourth-order valence-electron chi connectivity index (χ4n) is 4.49. The highest BCUT2D eigenvalue weighted by molar-refractivity contribution is 5.83. The van der Waals surface area contributed by atoms with E-state index in [0.29, 0.717) is 17.9 Å². The molecule has 1 fully saturated rings. The van der Waals surface area contributed by atoms with Crippen molar-refractivity contribution >= 4 is 11.0 Å². The highest BCUT2D eigenvalue weighted by atomic mass is 16.5. The Kier molecular flexibility index (Phi) is 5.21. The molecule has 0 amide bonds. The zero-order chi connectivity index (χ0) is 19.0. The standard InChI is InChI=1S/C21H27NO5/c1-13-9-22(10-14(2)26-13)11-15(23)12-25-16-6-7-18-17-4-3-5-19(17)21(24)27-20(18)8-16/h6-8,13-15,23H,3-5,9-12H2,1-2H3/p+1/t13-,14-,15-/m0/s1. The number of fused-ring (bicyclic) bond motifs is 3. The molecule has 2 aliphatic rings. The molecule has 0 bridgehead atoms. The Bertz CT molecular complexity index is 867. The van der Waals surface area contributed by atoms with Gasteiger partial charge in [-0.25, -0.2) is 4.79 Å². The molecular weight excluding hydrogens is 346 g/mol. The van der Waals surface area contributed by atoms with Crippen LogP contribution < -0.4 is 15.3 Å². The summed E-state index contributed by atoms with van der Waals surface area (Å²) in [5, 5.41) is 11.4. The minimum absolute atomic E-state index is 0.210. The van der Waals surface area contributed by atoms with Gasteiger partial charge in [-0.3, -0.25) is 0 Å². The van der Waals surface area contributed by atoms with Crippen molar-refractivity contribution in [3.63, 3.8) is 0 Å². The van der Waals surface area contributed by atoms with Crippen LogP contribution in [0, 0.1) is 0 Å². The second-order valence-corrected chi connectivity index (χ2v) is 7.94. The molecule has 2 aromatic rings. The molecule has 1 aliphatic carbocycles. The fraction of sp³-hybridized carbons (Fsp3) is 0.571. The van der Waals surface area contributed by atoms with Gasteiger partial charge in [0.2, 0.25) is 0 Å². The number of hydrogen-bond acceptors (Lipinski definition) is 5. The molecule has 146 valence electrons. The van der Waals surface area contributed by atoms with Crippen LogP contribution in [0.5, 0.6) is 5.75 Å². The zero-order valence-corrected chi connectivity index (χ0v) is 16.0. The van der Waals surface area contributed by atoms with E-state index < -0.39 is 6.10 Å². The molecule has 0 spiro atoms. The highest BCUT2D eigenvalue weighted by Crippen LogP contribution is 2.29. The molecule has 0 radical (unpaired) electrons. The van der Waals surface area contributed by atoms with E-state index in [2.05, 4.69) is 13.8 Å². The minimum atomic E-state index is -0.555. The summed E-state index contributed by atoms with van der Waals surface area (Å²) in [7, 11) is 0. The van der Waals surface area contributed by atoms with Crippen molar-refractivity contribution in [1.82, 2.24) is 0 Å². The van der Waals surface area contributed by atoms with Gasteiger partial charge in [0.15, 0.2) is 0 Å². The van der Waals surface area contributed by atoms with E-state index in [1.165, 1.54) is 4.90 Å². The Balaban J connectivity index is 1.40. The van der Waals surface area contributed by atoms with E-state index in [1.807, 2.05) is 12.1 Å². The Labute approximate surface area is 158 Å². The first-order valence-corrected chi connectivity index (χ1v) is 9.88. The van der Waals surface area contributed by atoms with Crippen LogP contribution in [-0.2, 0) is 17.6 Å². The van der Waals surface area contributed by atoms with Crippen LogP contribution in [-0.4, -0.2) is 49.7 Å². The first-order chi connectivity index (χ1) is 13.0.